The zero-order chi connectivity index (χ0) is 28.6. The molecule has 1 aromatic heterocycles. The lowest BCUT2D eigenvalue weighted by Gasteiger charge is -2.43. The summed E-state index contributed by atoms with van der Waals surface area (Å²) < 4.78 is 17.0. The number of ether oxygens (including phenoxy) is 3. The molecule has 0 bridgehead atoms. The molecule has 0 atom stereocenters. The van der Waals surface area contributed by atoms with E-state index in [0.29, 0.717) is 24.8 Å². The molecule has 6 rings (SSSR count). The highest BCUT2D eigenvalue weighted by Crippen LogP contribution is 2.44. The van der Waals surface area contributed by atoms with E-state index in [9.17, 15) is 9.59 Å². The maximum Gasteiger partial charge on any atom is 0.408 e. The fraction of sp³-hybridized carbons (Fsp3) is 0.424. The molecule has 2 aliphatic heterocycles. The molecule has 0 spiro atoms. The van der Waals surface area contributed by atoms with Crippen molar-refractivity contribution >= 4 is 17.7 Å². The SMILES string of the molecule is CC(C)(C)OC(=O)NC1(c2ccc(-c3nc4c(cc3-c3ccccc3)N(C3CCOCC3)C(=O)CO4)cc2)CCC1. The molecule has 2 amide bonds. The van der Waals surface area contributed by atoms with E-state index in [4.69, 9.17) is 19.2 Å². The van der Waals surface area contributed by atoms with Gasteiger partial charge in [0, 0.05) is 30.4 Å². The molecule has 214 valence electrons. The van der Waals surface area contributed by atoms with Crippen molar-refractivity contribution < 1.29 is 23.8 Å². The number of benzene rings is 2. The van der Waals surface area contributed by atoms with Crippen LogP contribution in [-0.4, -0.2) is 48.4 Å². The second-order valence-electron chi connectivity index (χ2n) is 12.1. The van der Waals surface area contributed by atoms with E-state index in [1.165, 1.54) is 0 Å². The predicted molar refractivity (Wildman–Crippen MR) is 157 cm³/mol. The molecule has 1 aliphatic carbocycles. The van der Waals surface area contributed by atoms with Crippen LogP contribution in [0.4, 0.5) is 10.5 Å². The Balaban J connectivity index is 1.37. The van der Waals surface area contributed by atoms with Crippen LogP contribution in [0.15, 0.2) is 60.7 Å². The summed E-state index contributed by atoms with van der Waals surface area (Å²) in [6, 6.07) is 20.5. The summed E-state index contributed by atoms with van der Waals surface area (Å²) >= 11 is 0. The standard InChI is InChI=1S/C33H37N3O5/c1-32(2,3)41-31(38)35-33(16-7-17-33)24-12-10-23(11-13-24)29-26(22-8-5-4-6-9-22)20-27-30(34-29)40-21-28(37)36(27)25-14-18-39-19-15-25/h4-6,8-13,20,25H,7,14-19,21H2,1-3H3,(H,35,38). The first-order valence-electron chi connectivity index (χ1n) is 14.5. The average molecular weight is 556 g/mol. The fourth-order valence-corrected chi connectivity index (χ4v) is 5.96. The number of alkyl carbamates (subject to hydrolysis) is 1. The zero-order valence-electron chi connectivity index (χ0n) is 23.9. The highest BCUT2D eigenvalue weighted by Gasteiger charge is 2.41. The normalized spacial score (nSPS) is 18.6. The van der Waals surface area contributed by atoms with Gasteiger partial charge < -0.3 is 24.4 Å². The molecule has 2 aromatic carbocycles. The van der Waals surface area contributed by atoms with E-state index in [1.807, 2.05) is 49.9 Å². The number of rotatable bonds is 5. The minimum atomic E-state index is -0.558. The molecule has 3 aliphatic rings. The van der Waals surface area contributed by atoms with E-state index >= 15 is 0 Å². The molecule has 1 saturated carbocycles. The van der Waals surface area contributed by atoms with Crippen molar-refractivity contribution in [3.8, 4) is 28.3 Å². The summed E-state index contributed by atoms with van der Waals surface area (Å²) in [6.07, 6.45) is 3.94. The summed E-state index contributed by atoms with van der Waals surface area (Å²) in [5.41, 5.74) is 4.42. The molecule has 3 aromatic rings. The highest BCUT2D eigenvalue weighted by atomic mass is 16.6. The summed E-state index contributed by atoms with van der Waals surface area (Å²) in [7, 11) is 0. The van der Waals surface area contributed by atoms with Crippen molar-refractivity contribution in [2.75, 3.05) is 24.7 Å². The van der Waals surface area contributed by atoms with Gasteiger partial charge in [-0.05, 0) is 70.1 Å². The number of pyridine rings is 1. The Morgan fingerprint density at radius 3 is 2.37 bits per heavy atom. The minimum Gasteiger partial charge on any atom is -0.466 e. The number of nitrogens with zero attached hydrogens (tertiary/aromatic N) is 2. The smallest absolute Gasteiger partial charge is 0.408 e. The molecule has 2 fully saturated rings. The van der Waals surface area contributed by atoms with E-state index in [1.54, 1.807) is 0 Å². The van der Waals surface area contributed by atoms with Crippen LogP contribution in [0.3, 0.4) is 0 Å². The van der Waals surface area contributed by atoms with E-state index in [0.717, 1.165) is 60.1 Å². The van der Waals surface area contributed by atoms with Crippen LogP contribution in [-0.2, 0) is 19.8 Å². The fourth-order valence-electron chi connectivity index (χ4n) is 5.96. The van der Waals surface area contributed by atoms with Crippen LogP contribution in [0.2, 0.25) is 0 Å². The quantitative estimate of drug-likeness (QED) is 0.402. The zero-order valence-corrected chi connectivity index (χ0v) is 23.9. The summed E-state index contributed by atoms with van der Waals surface area (Å²) in [4.78, 5) is 32.6. The van der Waals surface area contributed by atoms with Gasteiger partial charge in [0.25, 0.3) is 5.91 Å². The minimum absolute atomic E-state index is 0.0285. The van der Waals surface area contributed by atoms with Crippen LogP contribution < -0.4 is 15.0 Å². The molecule has 8 heteroatoms. The topological polar surface area (TPSA) is 90.0 Å². The molecule has 3 heterocycles. The van der Waals surface area contributed by atoms with Gasteiger partial charge >= 0.3 is 6.09 Å². The number of carbonyl (C=O) groups excluding carboxylic acids is 2. The van der Waals surface area contributed by atoms with Crippen LogP contribution in [0.25, 0.3) is 22.4 Å². The van der Waals surface area contributed by atoms with Gasteiger partial charge in [-0.3, -0.25) is 4.79 Å². The Hall–Kier alpha value is -3.91. The van der Waals surface area contributed by atoms with E-state index in [2.05, 4.69) is 41.7 Å². The van der Waals surface area contributed by atoms with Gasteiger partial charge in [-0.2, -0.15) is 0 Å². The molecule has 1 N–H and O–H groups in total. The number of hydrogen-bond acceptors (Lipinski definition) is 6. The number of hydrogen-bond donors (Lipinski definition) is 1. The third-order valence-corrected chi connectivity index (χ3v) is 8.13. The van der Waals surface area contributed by atoms with Gasteiger partial charge in [0.05, 0.1) is 11.2 Å². The molecular formula is C33H37N3O5. The maximum absolute atomic E-state index is 13.1. The van der Waals surface area contributed by atoms with Crippen molar-refractivity contribution in [2.45, 2.75) is 70.1 Å². The third-order valence-electron chi connectivity index (χ3n) is 8.13. The van der Waals surface area contributed by atoms with Crippen LogP contribution in [0, 0.1) is 0 Å². The Labute approximate surface area is 241 Å². The number of carbonyl (C=O) groups is 2. The molecule has 41 heavy (non-hydrogen) atoms. The average Bonchev–Trinajstić information content (AvgIpc) is 2.94. The Morgan fingerprint density at radius 1 is 1.02 bits per heavy atom. The first-order valence-corrected chi connectivity index (χ1v) is 14.5. The molecule has 1 saturated heterocycles. The highest BCUT2D eigenvalue weighted by molar-refractivity contribution is 6.00. The molecule has 0 unspecified atom stereocenters. The maximum atomic E-state index is 13.1. The summed E-state index contributed by atoms with van der Waals surface area (Å²) in [6.45, 7) is 6.85. The second-order valence-corrected chi connectivity index (χ2v) is 12.1. The predicted octanol–water partition coefficient (Wildman–Crippen LogP) is 6.22. The van der Waals surface area contributed by atoms with Gasteiger partial charge in [0.2, 0.25) is 5.88 Å². The van der Waals surface area contributed by atoms with Gasteiger partial charge in [-0.1, -0.05) is 54.6 Å². The number of amides is 2. The number of fused-ring (bicyclic) bond motifs is 1. The lowest BCUT2D eigenvalue weighted by Crippen LogP contribution is -2.52. The van der Waals surface area contributed by atoms with Crippen molar-refractivity contribution in [3.63, 3.8) is 0 Å². The van der Waals surface area contributed by atoms with Gasteiger partial charge in [0.1, 0.15) is 11.3 Å². The Bertz CT molecular complexity index is 1420. The number of anilines is 1. The van der Waals surface area contributed by atoms with E-state index in [-0.39, 0.29) is 18.6 Å². The number of nitrogens with one attached hydrogen (secondary N) is 1. The van der Waals surface area contributed by atoms with Gasteiger partial charge in [0.15, 0.2) is 6.61 Å². The number of aromatic nitrogens is 1. The van der Waals surface area contributed by atoms with Crippen molar-refractivity contribution in [1.82, 2.24) is 10.3 Å². The van der Waals surface area contributed by atoms with E-state index < -0.39 is 17.2 Å². The second kappa shape index (κ2) is 10.8. The van der Waals surface area contributed by atoms with Crippen LogP contribution >= 0.6 is 0 Å². The van der Waals surface area contributed by atoms with Gasteiger partial charge in [-0.15, -0.1) is 0 Å². The van der Waals surface area contributed by atoms with Crippen molar-refractivity contribution in [3.05, 3.63) is 66.2 Å². The largest absolute Gasteiger partial charge is 0.466 e. The van der Waals surface area contributed by atoms with Crippen molar-refractivity contribution in [2.24, 2.45) is 0 Å². The first-order chi connectivity index (χ1) is 19.7. The van der Waals surface area contributed by atoms with Crippen molar-refractivity contribution in [1.29, 1.82) is 0 Å². The van der Waals surface area contributed by atoms with Crippen LogP contribution in [0.1, 0.15) is 58.4 Å². The molecule has 8 nitrogen and oxygen atoms in total. The molecule has 0 radical (unpaired) electrons. The van der Waals surface area contributed by atoms with Crippen LogP contribution in [0.5, 0.6) is 5.88 Å². The lowest BCUT2D eigenvalue weighted by molar-refractivity contribution is -0.122. The Kier molecular flexibility index (Phi) is 7.20. The Morgan fingerprint density at radius 2 is 1.73 bits per heavy atom. The third kappa shape index (κ3) is 5.53. The van der Waals surface area contributed by atoms with Gasteiger partial charge in [-0.25, -0.2) is 9.78 Å². The monoisotopic (exact) mass is 555 g/mol. The summed E-state index contributed by atoms with van der Waals surface area (Å²) in [5.74, 6) is 0.419. The lowest BCUT2D eigenvalue weighted by atomic mass is 9.71. The molecular weight excluding hydrogens is 518 g/mol. The summed E-state index contributed by atoms with van der Waals surface area (Å²) in [5, 5.41) is 3.14. The first kappa shape index (κ1) is 27.3.